The summed E-state index contributed by atoms with van der Waals surface area (Å²) in [5.74, 6) is -0.772. The second-order valence-corrected chi connectivity index (χ2v) is 4.46. The summed E-state index contributed by atoms with van der Waals surface area (Å²) < 4.78 is 13.9. The summed E-state index contributed by atoms with van der Waals surface area (Å²) in [6.45, 7) is 1.13. The predicted molar refractivity (Wildman–Crippen MR) is 63.6 cm³/mol. The Kier molecular flexibility index (Phi) is 3.88. The van der Waals surface area contributed by atoms with Crippen LogP contribution in [0.15, 0.2) is 18.2 Å². The van der Waals surface area contributed by atoms with Crippen LogP contribution < -0.4 is 0 Å². The topological polar surface area (TPSA) is 66.6 Å². The van der Waals surface area contributed by atoms with Gasteiger partial charge in [-0.1, -0.05) is 12.1 Å². The molecule has 0 bridgehead atoms. The van der Waals surface area contributed by atoms with Gasteiger partial charge in [-0.25, -0.2) is 0 Å². The Bertz CT molecular complexity index is 453. The lowest BCUT2D eigenvalue weighted by molar-refractivity contribution is -0.387. The van der Waals surface area contributed by atoms with Gasteiger partial charge in [0.05, 0.1) is 11.5 Å². The molecule has 1 saturated heterocycles. The minimum absolute atomic E-state index is 0.0312. The number of hydrogen-bond acceptors (Lipinski definition) is 4. The van der Waals surface area contributed by atoms with Crippen molar-refractivity contribution in [3.8, 4) is 0 Å². The Balaban J connectivity index is 2.19. The van der Waals surface area contributed by atoms with Gasteiger partial charge >= 0.3 is 5.69 Å². The summed E-state index contributed by atoms with van der Waals surface area (Å²) in [6, 6.07) is 4.23. The Hall–Kier alpha value is -1.53. The molecule has 0 spiro atoms. The highest BCUT2D eigenvalue weighted by Gasteiger charge is 2.26. The molecule has 1 aliphatic heterocycles. The monoisotopic (exact) mass is 254 g/mol. The highest BCUT2D eigenvalue weighted by molar-refractivity contribution is 5.36. The van der Waals surface area contributed by atoms with Crippen LogP contribution in [0.5, 0.6) is 0 Å². The number of likely N-dealkylation sites (tertiary alicyclic amines) is 1. The van der Waals surface area contributed by atoms with Gasteiger partial charge in [-0.2, -0.15) is 4.39 Å². The maximum Gasteiger partial charge on any atom is 0.305 e. The summed E-state index contributed by atoms with van der Waals surface area (Å²) in [6.07, 6.45) is 1.84. The number of halogens is 1. The minimum Gasteiger partial charge on any atom is -0.395 e. The second kappa shape index (κ2) is 5.41. The van der Waals surface area contributed by atoms with Crippen molar-refractivity contribution in [1.82, 2.24) is 4.90 Å². The summed E-state index contributed by atoms with van der Waals surface area (Å²) >= 11 is 0. The van der Waals surface area contributed by atoms with E-state index in [0.29, 0.717) is 12.1 Å². The fraction of sp³-hybridized carbons (Fsp3) is 0.500. The van der Waals surface area contributed by atoms with Crippen molar-refractivity contribution in [2.24, 2.45) is 0 Å². The predicted octanol–water partition coefficient (Wildman–Crippen LogP) is 1.69. The van der Waals surface area contributed by atoms with Crippen molar-refractivity contribution in [3.63, 3.8) is 0 Å². The molecule has 0 radical (unpaired) electrons. The number of hydrogen-bond donors (Lipinski definition) is 1. The van der Waals surface area contributed by atoms with Crippen LogP contribution in [0.2, 0.25) is 0 Å². The summed E-state index contributed by atoms with van der Waals surface area (Å²) in [5.41, 5.74) is -0.184. The molecular weight excluding hydrogens is 239 g/mol. The van der Waals surface area contributed by atoms with Gasteiger partial charge in [-0.15, -0.1) is 0 Å². The number of aliphatic hydroxyl groups is 1. The molecule has 2 rings (SSSR count). The molecule has 1 fully saturated rings. The highest BCUT2D eigenvalue weighted by atomic mass is 19.1. The molecule has 5 nitrogen and oxygen atoms in total. The molecule has 1 heterocycles. The van der Waals surface area contributed by atoms with Gasteiger partial charge in [0.2, 0.25) is 5.82 Å². The van der Waals surface area contributed by atoms with Gasteiger partial charge in [0.1, 0.15) is 0 Å². The molecule has 0 amide bonds. The van der Waals surface area contributed by atoms with Crippen LogP contribution >= 0.6 is 0 Å². The molecule has 1 atom stereocenters. The van der Waals surface area contributed by atoms with E-state index in [1.54, 1.807) is 6.07 Å². The Morgan fingerprint density at radius 1 is 1.56 bits per heavy atom. The third-order valence-corrected chi connectivity index (χ3v) is 3.34. The second-order valence-electron chi connectivity index (χ2n) is 4.46. The Morgan fingerprint density at radius 3 is 3.00 bits per heavy atom. The molecule has 18 heavy (non-hydrogen) atoms. The van der Waals surface area contributed by atoms with Crippen molar-refractivity contribution < 1.29 is 14.4 Å². The zero-order chi connectivity index (χ0) is 13.1. The van der Waals surface area contributed by atoms with Crippen molar-refractivity contribution in [3.05, 3.63) is 39.7 Å². The normalized spacial score (nSPS) is 20.2. The quantitative estimate of drug-likeness (QED) is 0.656. The first-order valence-electron chi connectivity index (χ1n) is 5.90. The first-order chi connectivity index (χ1) is 8.63. The van der Waals surface area contributed by atoms with E-state index in [1.807, 2.05) is 4.90 Å². The largest absolute Gasteiger partial charge is 0.395 e. The smallest absolute Gasteiger partial charge is 0.305 e. The Morgan fingerprint density at radius 2 is 2.33 bits per heavy atom. The molecule has 0 unspecified atom stereocenters. The lowest BCUT2D eigenvalue weighted by Gasteiger charge is -2.22. The molecule has 1 aromatic rings. The molecule has 0 aromatic heterocycles. The van der Waals surface area contributed by atoms with Crippen molar-refractivity contribution in [2.45, 2.75) is 25.4 Å². The lowest BCUT2D eigenvalue weighted by atomic mass is 10.1. The van der Waals surface area contributed by atoms with Gasteiger partial charge in [0.15, 0.2) is 0 Å². The molecule has 0 saturated carbocycles. The van der Waals surface area contributed by atoms with E-state index in [-0.39, 0.29) is 12.6 Å². The third kappa shape index (κ3) is 2.49. The van der Waals surface area contributed by atoms with Crippen LogP contribution in [0.1, 0.15) is 18.4 Å². The van der Waals surface area contributed by atoms with Crippen molar-refractivity contribution in [2.75, 3.05) is 13.2 Å². The van der Waals surface area contributed by atoms with Gasteiger partial charge in [-0.05, 0) is 19.4 Å². The number of nitro benzene ring substituents is 1. The number of rotatable bonds is 4. The molecule has 98 valence electrons. The number of nitro groups is 1. The lowest BCUT2D eigenvalue weighted by Crippen LogP contribution is -2.31. The number of nitrogens with zero attached hydrogens (tertiary/aromatic N) is 2. The standard InChI is InChI=1S/C12H15FN2O3/c13-12-9(3-1-5-11(12)15(17)18)7-14-6-2-4-10(14)8-16/h1,3,5,10,16H,2,4,6-8H2/t10-/m0/s1. The molecule has 6 heteroatoms. The van der Waals surface area contributed by atoms with Crippen LogP contribution in [0.3, 0.4) is 0 Å². The van der Waals surface area contributed by atoms with Gasteiger partial charge < -0.3 is 5.11 Å². The van der Waals surface area contributed by atoms with Gasteiger partial charge in [-0.3, -0.25) is 15.0 Å². The Labute approximate surface area is 104 Å². The molecule has 0 aliphatic carbocycles. The fourth-order valence-electron chi connectivity index (χ4n) is 2.36. The van der Waals surface area contributed by atoms with E-state index in [4.69, 9.17) is 0 Å². The van der Waals surface area contributed by atoms with Gasteiger partial charge in [0.25, 0.3) is 0 Å². The number of benzene rings is 1. The zero-order valence-electron chi connectivity index (χ0n) is 9.88. The van der Waals surface area contributed by atoms with E-state index in [9.17, 15) is 19.6 Å². The SMILES string of the molecule is O=[N+]([O-])c1cccc(CN2CCC[C@H]2CO)c1F. The van der Waals surface area contributed by atoms with Gasteiger partial charge in [0, 0.05) is 24.2 Å². The van der Waals surface area contributed by atoms with E-state index in [1.165, 1.54) is 6.07 Å². The maximum atomic E-state index is 13.9. The minimum atomic E-state index is -0.772. The summed E-state index contributed by atoms with van der Waals surface area (Å²) in [5, 5.41) is 19.8. The summed E-state index contributed by atoms with van der Waals surface area (Å²) in [7, 11) is 0. The molecule has 1 aromatic carbocycles. The first kappa shape index (κ1) is 12.9. The van der Waals surface area contributed by atoms with Crippen LogP contribution in [0.25, 0.3) is 0 Å². The number of aliphatic hydroxyl groups excluding tert-OH is 1. The molecule has 1 aliphatic rings. The first-order valence-corrected chi connectivity index (χ1v) is 5.90. The maximum absolute atomic E-state index is 13.9. The van der Waals surface area contributed by atoms with E-state index < -0.39 is 16.4 Å². The van der Waals surface area contributed by atoms with E-state index in [0.717, 1.165) is 25.5 Å². The van der Waals surface area contributed by atoms with Crippen molar-refractivity contribution in [1.29, 1.82) is 0 Å². The third-order valence-electron chi connectivity index (χ3n) is 3.34. The van der Waals surface area contributed by atoms with E-state index in [2.05, 4.69) is 0 Å². The van der Waals surface area contributed by atoms with Crippen LogP contribution in [0.4, 0.5) is 10.1 Å². The van der Waals surface area contributed by atoms with Crippen molar-refractivity contribution >= 4 is 5.69 Å². The summed E-state index contributed by atoms with van der Waals surface area (Å²) in [4.78, 5) is 11.9. The van der Waals surface area contributed by atoms with Crippen LogP contribution in [-0.4, -0.2) is 34.1 Å². The highest BCUT2D eigenvalue weighted by Crippen LogP contribution is 2.24. The molecular formula is C12H15FN2O3. The average molecular weight is 254 g/mol. The van der Waals surface area contributed by atoms with Crippen LogP contribution in [0, 0.1) is 15.9 Å². The van der Waals surface area contributed by atoms with Crippen LogP contribution in [-0.2, 0) is 6.54 Å². The fourth-order valence-corrected chi connectivity index (χ4v) is 2.36. The molecule has 1 N–H and O–H groups in total. The van der Waals surface area contributed by atoms with E-state index >= 15 is 0 Å². The average Bonchev–Trinajstić information content (AvgIpc) is 2.78. The zero-order valence-corrected chi connectivity index (χ0v) is 9.88.